The second kappa shape index (κ2) is 4.29. The van der Waals surface area contributed by atoms with Crippen LogP contribution in [0.15, 0.2) is 24.8 Å². The zero-order chi connectivity index (χ0) is 13.7. The third-order valence-corrected chi connectivity index (χ3v) is 5.86. The molecule has 4 aromatic rings. The van der Waals surface area contributed by atoms with Crippen molar-refractivity contribution in [3.8, 4) is 9.75 Å². The van der Waals surface area contributed by atoms with Gasteiger partial charge in [-0.3, -0.25) is 0 Å². The van der Waals surface area contributed by atoms with Crippen LogP contribution in [0, 0.1) is 13.8 Å². The predicted octanol–water partition coefficient (Wildman–Crippen LogP) is 3.98. The summed E-state index contributed by atoms with van der Waals surface area (Å²) in [6.45, 7) is 4.25. The normalized spacial score (nSPS) is 11.5. The number of nitrogens with zero attached hydrogens (tertiary/aromatic N) is 4. The molecule has 0 amide bonds. The lowest BCUT2D eigenvalue weighted by molar-refractivity contribution is 1.05. The Kier molecular flexibility index (Phi) is 2.55. The number of aromatic nitrogens is 4. The number of fused-ring (bicyclic) bond motifs is 2. The fraction of sp³-hybridized carbons (Fsp3) is 0.143. The molecule has 98 valence electrons. The van der Waals surface area contributed by atoms with E-state index in [-0.39, 0.29) is 0 Å². The van der Waals surface area contributed by atoms with Gasteiger partial charge in [-0.15, -0.1) is 22.7 Å². The first kappa shape index (κ1) is 11.9. The van der Waals surface area contributed by atoms with E-state index in [9.17, 15) is 0 Å². The molecule has 0 unspecified atom stereocenters. The molecule has 0 atom stereocenters. The van der Waals surface area contributed by atoms with E-state index in [1.165, 1.54) is 41.1 Å². The summed E-state index contributed by atoms with van der Waals surface area (Å²) in [6.07, 6.45) is 7.38. The fourth-order valence-corrected chi connectivity index (χ4v) is 4.79. The summed E-state index contributed by atoms with van der Waals surface area (Å²) < 4.78 is 0. The third kappa shape index (κ3) is 1.58. The van der Waals surface area contributed by atoms with Crippen molar-refractivity contribution in [1.29, 1.82) is 0 Å². The van der Waals surface area contributed by atoms with Gasteiger partial charge in [0.2, 0.25) is 0 Å². The van der Waals surface area contributed by atoms with Gasteiger partial charge in [0.1, 0.15) is 0 Å². The molecule has 0 saturated heterocycles. The van der Waals surface area contributed by atoms with E-state index in [1.54, 1.807) is 22.7 Å². The first-order valence-electron chi connectivity index (χ1n) is 6.15. The maximum atomic E-state index is 4.03. The Hall–Kier alpha value is -1.92. The second-order valence-electron chi connectivity index (χ2n) is 4.61. The Bertz CT molecular complexity index is 861. The molecule has 4 heterocycles. The monoisotopic (exact) mass is 298 g/mol. The van der Waals surface area contributed by atoms with Gasteiger partial charge in [-0.25, -0.2) is 0 Å². The highest BCUT2D eigenvalue weighted by Crippen LogP contribution is 2.45. The molecular formula is C14H10N4S2. The molecule has 0 radical (unpaired) electrons. The standard InChI is InChI=1S/C14H10N4S2/c1-7-9-3-15-17-5-11(9)13(19-7)14-12-6-18-16-4-10(12)8(2)20-14/h3-6H,1-2H3. The topological polar surface area (TPSA) is 51.6 Å². The Labute approximate surface area is 123 Å². The van der Waals surface area contributed by atoms with Crippen LogP contribution in [0.2, 0.25) is 0 Å². The average molecular weight is 298 g/mol. The van der Waals surface area contributed by atoms with E-state index in [0.29, 0.717) is 0 Å². The lowest BCUT2D eigenvalue weighted by Gasteiger charge is -1.95. The maximum Gasteiger partial charge on any atom is 0.0589 e. The van der Waals surface area contributed by atoms with E-state index < -0.39 is 0 Å². The molecule has 0 fully saturated rings. The molecule has 0 spiro atoms. The summed E-state index contributed by atoms with van der Waals surface area (Å²) in [7, 11) is 0. The third-order valence-electron chi connectivity index (χ3n) is 3.43. The molecule has 20 heavy (non-hydrogen) atoms. The fourth-order valence-electron chi connectivity index (χ4n) is 2.43. The van der Waals surface area contributed by atoms with Gasteiger partial charge >= 0.3 is 0 Å². The van der Waals surface area contributed by atoms with E-state index in [4.69, 9.17) is 0 Å². The van der Waals surface area contributed by atoms with Crippen molar-refractivity contribution >= 4 is 44.2 Å². The number of aryl methyl sites for hydroxylation is 2. The lowest BCUT2D eigenvalue weighted by Crippen LogP contribution is -1.80. The largest absolute Gasteiger partial charge is 0.158 e. The highest BCUT2D eigenvalue weighted by Gasteiger charge is 2.16. The molecular weight excluding hydrogens is 288 g/mol. The molecule has 0 bridgehead atoms. The minimum atomic E-state index is 1.17. The number of thiophene rings is 2. The van der Waals surface area contributed by atoms with Gasteiger partial charge in [0.25, 0.3) is 0 Å². The van der Waals surface area contributed by atoms with Gasteiger partial charge in [0.05, 0.1) is 34.5 Å². The van der Waals surface area contributed by atoms with Gasteiger partial charge < -0.3 is 0 Å². The molecule has 6 heteroatoms. The SMILES string of the molecule is Cc1sc(-c2sc(C)c3cnncc23)c2cnncc12. The zero-order valence-electron chi connectivity index (χ0n) is 10.9. The molecule has 0 N–H and O–H groups in total. The molecule has 0 aromatic carbocycles. The molecule has 4 nitrogen and oxygen atoms in total. The quantitative estimate of drug-likeness (QED) is 0.533. The maximum absolute atomic E-state index is 4.03. The van der Waals surface area contributed by atoms with Gasteiger partial charge in [0, 0.05) is 31.3 Å². The van der Waals surface area contributed by atoms with Crippen LogP contribution in [0.5, 0.6) is 0 Å². The molecule has 4 aromatic heterocycles. The number of hydrogen-bond donors (Lipinski definition) is 0. The first-order valence-corrected chi connectivity index (χ1v) is 7.79. The second-order valence-corrected chi connectivity index (χ2v) is 7.06. The van der Waals surface area contributed by atoms with Crippen molar-refractivity contribution in [3.05, 3.63) is 34.5 Å². The summed E-state index contributed by atoms with van der Waals surface area (Å²) in [6, 6.07) is 0. The highest BCUT2D eigenvalue weighted by atomic mass is 32.1. The summed E-state index contributed by atoms with van der Waals surface area (Å²) in [5.41, 5.74) is 0. The highest BCUT2D eigenvalue weighted by molar-refractivity contribution is 7.24. The van der Waals surface area contributed by atoms with Crippen molar-refractivity contribution in [1.82, 2.24) is 20.4 Å². The van der Waals surface area contributed by atoms with E-state index in [1.807, 2.05) is 24.8 Å². The van der Waals surface area contributed by atoms with Gasteiger partial charge in [-0.2, -0.15) is 20.4 Å². The minimum absolute atomic E-state index is 1.17. The Morgan fingerprint density at radius 1 is 0.600 bits per heavy atom. The van der Waals surface area contributed by atoms with Crippen LogP contribution in [-0.2, 0) is 0 Å². The van der Waals surface area contributed by atoms with Crippen LogP contribution in [-0.4, -0.2) is 20.4 Å². The summed E-state index contributed by atoms with van der Waals surface area (Å²) >= 11 is 3.58. The van der Waals surface area contributed by atoms with E-state index in [2.05, 4.69) is 34.2 Å². The summed E-state index contributed by atoms with van der Waals surface area (Å²) in [5.74, 6) is 0. The number of rotatable bonds is 1. The molecule has 0 aliphatic heterocycles. The van der Waals surface area contributed by atoms with Crippen LogP contribution < -0.4 is 0 Å². The van der Waals surface area contributed by atoms with Crippen LogP contribution in [0.3, 0.4) is 0 Å². The van der Waals surface area contributed by atoms with Crippen molar-refractivity contribution in [2.45, 2.75) is 13.8 Å². The van der Waals surface area contributed by atoms with E-state index >= 15 is 0 Å². The van der Waals surface area contributed by atoms with Crippen molar-refractivity contribution in [3.63, 3.8) is 0 Å². The molecule has 0 aliphatic carbocycles. The Morgan fingerprint density at radius 3 is 1.35 bits per heavy atom. The van der Waals surface area contributed by atoms with Crippen LogP contribution >= 0.6 is 22.7 Å². The van der Waals surface area contributed by atoms with Gasteiger partial charge in [-0.1, -0.05) is 0 Å². The average Bonchev–Trinajstić information content (AvgIpc) is 2.99. The summed E-state index contributed by atoms with van der Waals surface area (Å²) in [5, 5.41) is 20.7. The minimum Gasteiger partial charge on any atom is -0.158 e. The first-order chi connectivity index (χ1) is 9.75. The van der Waals surface area contributed by atoms with Crippen LogP contribution in [0.1, 0.15) is 9.75 Å². The van der Waals surface area contributed by atoms with Crippen molar-refractivity contribution in [2.24, 2.45) is 0 Å². The smallest absolute Gasteiger partial charge is 0.0589 e. The molecule has 0 saturated carbocycles. The predicted molar refractivity (Wildman–Crippen MR) is 83.3 cm³/mol. The van der Waals surface area contributed by atoms with Gasteiger partial charge in [0.15, 0.2) is 0 Å². The number of hydrogen-bond acceptors (Lipinski definition) is 6. The van der Waals surface area contributed by atoms with Gasteiger partial charge in [-0.05, 0) is 13.8 Å². The molecule has 0 aliphatic rings. The van der Waals surface area contributed by atoms with Crippen molar-refractivity contribution < 1.29 is 0 Å². The zero-order valence-corrected chi connectivity index (χ0v) is 12.5. The van der Waals surface area contributed by atoms with Crippen LogP contribution in [0.25, 0.3) is 31.3 Å². The van der Waals surface area contributed by atoms with Crippen molar-refractivity contribution in [2.75, 3.05) is 0 Å². The summed E-state index contributed by atoms with van der Waals surface area (Å²) in [4.78, 5) is 5.05. The van der Waals surface area contributed by atoms with E-state index in [0.717, 1.165) is 0 Å². The van der Waals surface area contributed by atoms with Crippen LogP contribution in [0.4, 0.5) is 0 Å². The Balaban J connectivity index is 2.12. The Morgan fingerprint density at radius 2 is 0.950 bits per heavy atom. The molecule has 4 rings (SSSR count). The lowest BCUT2D eigenvalue weighted by atomic mass is 10.1.